The molecule has 0 atom stereocenters. The fraction of sp³-hybridized carbons (Fsp3) is 0. The van der Waals surface area contributed by atoms with Crippen LogP contribution in [0.15, 0.2) is 186 Å². The SMILES string of the molecule is c1ccc(-c2ccc(-c3nc(-c4ccc(-c5cc6ccccc6o5)cc4)nc(-c4ccc5c(c4)c4ccccc4n5-c4ccccc4)n3)cc2)cc1. The maximum atomic E-state index is 6.15. The molecule has 0 radical (unpaired) electrons. The van der Waals surface area contributed by atoms with Crippen molar-refractivity contribution >= 4 is 32.8 Å². The van der Waals surface area contributed by atoms with Crippen LogP contribution < -0.4 is 0 Å². The highest BCUT2D eigenvalue weighted by Crippen LogP contribution is 2.36. The zero-order chi connectivity index (χ0) is 34.4. The monoisotopic (exact) mass is 666 g/mol. The Morgan fingerprint density at radius 1 is 0.365 bits per heavy atom. The fourth-order valence-electron chi connectivity index (χ4n) is 7.08. The molecule has 10 rings (SSSR count). The fourth-order valence-corrected chi connectivity index (χ4v) is 7.08. The van der Waals surface area contributed by atoms with Gasteiger partial charge in [-0.05, 0) is 59.7 Å². The van der Waals surface area contributed by atoms with E-state index < -0.39 is 0 Å². The predicted octanol–water partition coefficient (Wildman–Crippen LogP) is 12.0. The Hall–Kier alpha value is -7.11. The third kappa shape index (κ3) is 5.24. The summed E-state index contributed by atoms with van der Waals surface area (Å²) < 4.78 is 8.46. The van der Waals surface area contributed by atoms with E-state index in [1.807, 2.05) is 30.3 Å². The van der Waals surface area contributed by atoms with Crippen LogP contribution in [0.5, 0.6) is 0 Å². The summed E-state index contributed by atoms with van der Waals surface area (Å²) in [5.74, 6) is 2.67. The molecule has 5 heteroatoms. The number of hydrogen-bond acceptors (Lipinski definition) is 4. The van der Waals surface area contributed by atoms with E-state index in [4.69, 9.17) is 19.4 Å². The number of benzene rings is 7. The second kappa shape index (κ2) is 12.3. The zero-order valence-corrected chi connectivity index (χ0v) is 28.0. The molecule has 0 fully saturated rings. The van der Waals surface area contributed by atoms with Crippen molar-refractivity contribution in [2.45, 2.75) is 0 Å². The van der Waals surface area contributed by atoms with Crippen molar-refractivity contribution in [3.8, 4) is 62.3 Å². The van der Waals surface area contributed by atoms with E-state index in [1.165, 1.54) is 10.9 Å². The summed E-state index contributed by atoms with van der Waals surface area (Å²) in [6, 6.07) is 62.7. The maximum absolute atomic E-state index is 6.15. The normalized spacial score (nSPS) is 11.5. The van der Waals surface area contributed by atoms with Crippen LogP contribution in [0.4, 0.5) is 0 Å². The molecule has 7 aromatic carbocycles. The minimum Gasteiger partial charge on any atom is -0.456 e. The molecular formula is C47H30N4O. The van der Waals surface area contributed by atoms with E-state index >= 15 is 0 Å². The van der Waals surface area contributed by atoms with Gasteiger partial charge in [-0.15, -0.1) is 0 Å². The minimum atomic E-state index is 0.607. The molecule has 0 aliphatic rings. The Labute approximate surface area is 300 Å². The number of furan rings is 1. The van der Waals surface area contributed by atoms with Gasteiger partial charge in [-0.2, -0.15) is 0 Å². The topological polar surface area (TPSA) is 56.7 Å². The Morgan fingerprint density at radius 3 is 1.60 bits per heavy atom. The molecule has 3 heterocycles. The van der Waals surface area contributed by atoms with Gasteiger partial charge in [0.15, 0.2) is 17.5 Å². The first-order valence-electron chi connectivity index (χ1n) is 17.4. The van der Waals surface area contributed by atoms with Crippen LogP contribution in [0.25, 0.3) is 95.1 Å². The van der Waals surface area contributed by atoms with Crippen LogP contribution in [0.1, 0.15) is 0 Å². The highest BCUT2D eigenvalue weighted by atomic mass is 16.3. The number of nitrogens with zero attached hydrogens (tertiary/aromatic N) is 4. The summed E-state index contributed by atoms with van der Waals surface area (Å²) in [5, 5.41) is 3.40. The van der Waals surface area contributed by atoms with Gasteiger partial charge in [0, 0.05) is 44.1 Å². The summed E-state index contributed by atoms with van der Waals surface area (Å²) in [5.41, 5.74) is 10.3. The van der Waals surface area contributed by atoms with Crippen LogP contribution in [-0.4, -0.2) is 19.5 Å². The number of rotatable bonds is 6. The molecule has 0 spiro atoms. The summed E-state index contributed by atoms with van der Waals surface area (Å²) in [7, 11) is 0. The van der Waals surface area contributed by atoms with Gasteiger partial charge in [0.1, 0.15) is 11.3 Å². The van der Waals surface area contributed by atoms with Crippen LogP contribution in [0.3, 0.4) is 0 Å². The average molecular weight is 667 g/mol. The molecule has 0 unspecified atom stereocenters. The van der Waals surface area contributed by atoms with Crippen molar-refractivity contribution in [1.29, 1.82) is 0 Å². The lowest BCUT2D eigenvalue weighted by Gasteiger charge is -2.10. The Kier molecular flexibility index (Phi) is 7.07. The smallest absolute Gasteiger partial charge is 0.164 e. The van der Waals surface area contributed by atoms with Crippen LogP contribution >= 0.6 is 0 Å². The quantitative estimate of drug-likeness (QED) is 0.177. The first-order chi connectivity index (χ1) is 25.7. The van der Waals surface area contributed by atoms with Gasteiger partial charge in [-0.1, -0.05) is 133 Å². The van der Waals surface area contributed by atoms with Crippen molar-refractivity contribution in [2.75, 3.05) is 0 Å². The van der Waals surface area contributed by atoms with Crippen LogP contribution in [0.2, 0.25) is 0 Å². The number of hydrogen-bond donors (Lipinski definition) is 0. The molecule has 0 saturated heterocycles. The molecule has 52 heavy (non-hydrogen) atoms. The standard InChI is InChI=1S/C47H30N4O/c1-3-11-31(12-4-1)32-19-23-34(24-20-32)45-48-46(35-25-21-33(22-26-35)44-30-36-13-7-10-18-43(36)52-44)50-47(49-45)37-27-28-42-40(29-37)39-16-8-9-17-41(39)51(42)38-14-5-2-6-15-38/h1-30H. The van der Waals surface area contributed by atoms with E-state index in [2.05, 4.69) is 156 Å². The third-order valence-electron chi connectivity index (χ3n) is 9.68. The molecule has 3 aromatic heterocycles. The van der Waals surface area contributed by atoms with Gasteiger partial charge in [-0.25, -0.2) is 15.0 Å². The van der Waals surface area contributed by atoms with Gasteiger partial charge in [-0.3, -0.25) is 0 Å². The molecule has 5 nitrogen and oxygen atoms in total. The van der Waals surface area contributed by atoms with E-state index in [-0.39, 0.29) is 0 Å². The Morgan fingerprint density at radius 2 is 0.885 bits per heavy atom. The maximum Gasteiger partial charge on any atom is 0.164 e. The number of para-hydroxylation sites is 3. The molecule has 10 aromatic rings. The minimum absolute atomic E-state index is 0.607. The van der Waals surface area contributed by atoms with E-state index in [0.717, 1.165) is 66.7 Å². The first-order valence-corrected chi connectivity index (χ1v) is 17.4. The largest absolute Gasteiger partial charge is 0.456 e. The molecule has 0 saturated carbocycles. The lowest BCUT2D eigenvalue weighted by Crippen LogP contribution is -2.00. The van der Waals surface area contributed by atoms with Crippen LogP contribution in [0, 0.1) is 0 Å². The summed E-state index contributed by atoms with van der Waals surface area (Å²) in [4.78, 5) is 15.2. The highest BCUT2D eigenvalue weighted by Gasteiger charge is 2.17. The van der Waals surface area contributed by atoms with Crippen molar-refractivity contribution in [1.82, 2.24) is 19.5 Å². The van der Waals surface area contributed by atoms with Gasteiger partial charge in [0.05, 0.1) is 11.0 Å². The van der Waals surface area contributed by atoms with Crippen LogP contribution in [-0.2, 0) is 0 Å². The van der Waals surface area contributed by atoms with E-state index in [9.17, 15) is 0 Å². The second-order valence-electron chi connectivity index (χ2n) is 12.9. The number of fused-ring (bicyclic) bond motifs is 4. The lowest BCUT2D eigenvalue weighted by molar-refractivity contribution is 0.631. The van der Waals surface area contributed by atoms with Gasteiger partial charge < -0.3 is 8.98 Å². The lowest BCUT2D eigenvalue weighted by atomic mass is 10.0. The summed E-state index contributed by atoms with van der Waals surface area (Å²) >= 11 is 0. The third-order valence-corrected chi connectivity index (χ3v) is 9.68. The molecule has 0 bridgehead atoms. The molecule has 0 aliphatic carbocycles. The van der Waals surface area contributed by atoms with E-state index in [1.54, 1.807) is 0 Å². The molecule has 244 valence electrons. The van der Waals surface area contributed by atoms with E-state index in [0.29, 0.717) is 17.5 Å². The molecule has 0 amide bonds. The zero-order valence-electron chi connectivity index (χ0n) is 28.0. The summed E-state index contributed by atoms with van der Waals surface area (Å²) in [6.45, 7) is 0. The molecule has 0 aliphatic heterocycles. The summed E-state index contributed by atoms with van der Waals surface area (Å²) in [6.07, 6.45) is 0. The van der Waals surface area contributed by atoms with Gasteiger partial charge >= 0.3 is 0 Å². The first kappa shape index (κ1) is 29.8. The van der Waals surface area contributed by atoms with Gasteiger partial charge in [0.25, 0.3) is 0 Å². The van der Waals surface area contributed by atoms with Crippen molar-refractivity contribution in [2.24, 2.45) is 0 Å². The second-order valence-corrected chi connectivity index (χ2v) is 12.9. The highest BCUT2D eigenvalue weighted by molar-refractivity contribution is 6.10. The Balaban J connectivity index is 1.11. The molecule has 0 N–H and O–H groups in total. The van der Waals surface area contributed by atoms with Crippen molar-refractivity contribution in [3.63, 3.8) is 0 Å². The Bertz CT molecular complexity index is 2840. The number of aromatic nitrogens is 4. The van der Waals surface area contributed by atoms with Gasteiger partial charge in [0.2, 0.25) is 0 Å². The predicted molar refractivity (Wildman–Crippen MR) is 211 cm³/mol. The van der Waals surface area contributed by atoms with Crippen molar-refractivity contribution < 1.29 is 4.42 Å². The average Bonchev–Trinajstić information content (AvgIpc) is 3.81. The van der Waals surface area contributed by atoms with Crippen molar-refractivity contribution in [3.05, 3.63) is 182 Å². The molecular weight excluding hydrogens is 637 g/mol.